The maximum Gasteiger partial charge on any atom is 0.461 e. The molecule has 2 atom stereocenters. The fourth-order valence-corrected chi connectivity index (χ4v) is 4.11. The Kier molecular flexibility index (Phi) is 9.92. The van der Waals surface area contributed by atoms with E-state index < -0.39 is 53.5 Å². The number of ether oxygens (including phenoxy) is 1. The predicted molar refractivity (Wildman–Crippen MR) is 138 cm³/mol. The largest absolute Gasteiger partial charge is 0.461 e. The molecule has 7 nitrogen and oxygen atoms in total. The van der Waals surface area contributed by atoms with Crippen molar-refractivity contribution in [2.75, 3.05) is 7.05 Å². The highest BCUT2D eigenvalue weighted by atomic mass is 35.5. The van der Waals surface area contributed by atoms with Crippen LogP contribution in [0.3, 0.4) is 0 Å². The minimum absolute atomic E-state index is 0.0752. The van der Waals surface area contributed by atoms with E-state index in [-0.39, 0.29) is 22.7 Å². The molecule has 1 unspecified atom stereocenters. The second-order valence-electron chi connectivity index (χ2n) is 9.09. The third-order valence-corrected chi connectivity index (χ3v) is 6.32. The van der Waals surface area contributed by atoms with Gasteiger partial charge < -0.3 is 20.7 Å². The predicted octanol–water partition coefficient (Wildman–Crippen LogP) is 5.67. The molecule has 3 N–H and O–H groups in total. The number of nitrogens with one attached hydrogen (secondary N) is 3. The molecule has 2 aromatic carbocycles. The number of alkyl halides is 6. The number of hydrogen-bond donors (Lipinski definition) is 3. The van der Waals surface area contributed by atoms with Gasteiger partial charge in [-0.25, -0.2) is 9.18 Å². The maximum atomic E-state index is 14.9. The van der Waals surface area contributed by atoms with Gasteiger partial charge in [0.25, 0.3) is 5.91 Å². The summed E-state index contributed by atoms with van der Waals surface area (Å²) in [5.74, 6) is -7.99. The fraction of sp³-hybridized carbons (Fsp3) is 0.296. The summed E-state index contributed by atoms with van der Waals surface area (Å²) < 4.78 is 101. The van der Waals surface area contributed by atoms with Crippen LogP contribution in [-0.4, -0.2) is 48.5 Å². The van der Waals surface area contributed by atoms with Crippen molar-refractivity contribution in [3.8, 4) is 5.75 Å². The van der Waals surface area contributed by atoms with Gasteiger partial charge in [-0.3, -0.25) is 9.78 Å². The van der Waals surface area contributed by atoms with Crippen LogP contribution in [0.1, 0.15) is 23.7 Å². The lowest BCUT2D eigenvalue weighted by atomic mass is 9.80. The van der Waals surface area contributed by atoms with Gasteiger partial charge in [-0.15, -0.1) is 0 Å². The number of hydrogen-bond acceptors (Lipinski definition) is 4. The molecule has 0 saturated carbocycles. The number of rotatable bonds is 11. The van der Waals surface area contributed by atoms with Crippen molar-refractivity contribution in [1.82, 2.24) is 20.9 Å². The fourth-order valence-electron chi connectivity index (χ4n) is 4.00. The van der Waals surface area contributed by atoms with Crippen LogP contribution in [-0.2, 0) is 16.8 Å². The van der Waals surface area contributed by atoms with E-state index in [1.54, 1.807) is 35.6 Å². The SMILES string of the molecule is CNC(=O)C(F)(F)C(C)NC(=O)N[C@@](Cc1ccccc1)(c1cc(F)cc(OC(F)(F)C(F)F)c1)c1ccc(Cl)cn1. The van der Waals surface area contributed by atoms with Crippen LogP contribution >= 0.6 is 11.6 Å². The van der Waals surface area contributed by atoms with Gasteiger partial charge in [0.05, 0.1) is 10.7 Å². The van der Waals surface area contributed by atoms with Gasteiger partial charge in [-0.1, -0.05) is 41.9 Å². The Morgan fingerprint density at radius 3 is 2.26 bits per heavy atom. The molecule has 1 aromatic heterocycles. The molecule has 0 aliphatic carbocycles. The molecule has 3 rings (SSSR count). The average Bonchev–Trinajstić information content (AvgIpc) is 2.92. The molecular weight excluding hydrogens is 597 g/mol. The Morgan fingerprint density at radius 2 is 1.69 bits per heavy atom. The summed E-state index contributed by atoms with van der Waals surface area (Å²) in [6.45, 7) is 0.856. The van der Waals surface area contributed by atoms with Gasteiger partial charge in [-0.05, 0) is 42.3 Å². The van der Waals surface area contributed by atoms with E-state index in [4.69, 9.17) is 11.6 Å². The summed E-state index contributed by atoms with van der Waals surface area (Å²) in [4.78, 5) is 29.1. The summed E-state index contributed by atoms with van der Waals surface area (Å²) in [6.07, 6.45) is -8.40. The van der Waals surface area contributed by atoms with E-state index >= 15 is 0 Å². The smallest absolute Gasteiger partial charge is 0.428 e. The van der Waals surface area contributed by atoms with Crippen LogP contribution < -0.4 is 20.7 Å². The summed E-state index contributed by atoms with van der Waals surface area (Å²) in [5.41, 5.74) is -1.97. The standard InChI is InChI=1S/C27H24ClF7N4O3/c1-15(26(32,33)23(40)36-2)38-24(41)39-25(13-16-6-4-3-5-7-16,21-9-8-18(28)14-37-21)17-10-19(29)12-20(11-17)42-27(34,35)22(30)31/h3-12,14-15,22H,13H2,1-2H3,(H,36,40)(H2,38,39,41)/t15?,25-/m0/s1. The second-order valence-corrected chi connectivity index (χ2v) is 9.53. The zero-order valence-electron chi connectivity index (χ0n) is 21.9. The van der Waals surface area contributed by atoms with Gasteiger partial charge in [0, 0.05) is 25.7 Å². The van der Waals surface area contributed by atoms with E-state index in [0.29, 0.717) is 11.6 Å². The first-order chi connectivity index (χ1) is 19.6. The number of amides is 3. The zero-order chi connectivity index (χ0) is 31.3. The number of carbonyl (C=O) groups is 2. The molecule has 1 heterocycles. The van der Waals surface area contributed by atoms with Gasteiger partial charge in [-0.2, -0.15) is 26.3 Å². The summed E-state index contributed by atoms with van der Waals surface area (Å²) in [5, 5.41) is 6.32. The van der Waals surface area contributed by atoms with Gasteiger partial charge in [0.1, 0.15) is 23.1 Å². The number of benzene rings is 2. The third-order valence-electron chi connectivity index (χ3n) is 6.10. The normalized spacial score (nSPS) is 14.1. The van der Waals surface area contributed by atoms with Crippen LogP contribution in [0.4, 0.5) is 35.5 Å². The molecule has 0 aliphatic heterocycles. The van der Waals surface area contributed by atoms with Crippen molar-refractivity contribution in [3.63, 3.8) is 0 Å². The molecule has 0 bridgehead atoms. The Hall–Kier alpha value is -4.07. The molecule has 0 saturated heterocycles. The van der Waals surface area contributed by atoms with E-state index in [1.165, 1.54) is 12.1 Å². The van der Waals surface area contributed by atoms with Crippen molar-refractivity contribution >= 4 is 23.5 Å². The Balaban J connectivity index is 2.21. The monoisotopic (exact) mass is 620 g/mol. The van der Waals surface area contributed by atoms with Crippen molar-refractivity contribution in [2.24, 2.45) is 0 Å². The van der Waals surface area contributed by atoms with E-state index in [1.807, 2.05) is 5.32 Å². The molecule has 15 heteroatoms. The Morgan fingerprint density at radius 1 is 1.02 bits per heavy atom. The quantitative estimate of drug-likeness (QED) is 0.241. The van der Waals surface area contributed by atoms with Crippen LogP contribution in [0.2, 0.25) is 5.02 Å². The highest BCUT2D eigenvalue weighted by molar-refractivity contribution is 6.30. The molecule has 226 valence electrons. The minimum atomic E-state index is -5.00. The maximum absolute atomic E-state index is 14.9. The molecule has 3 amide bonds. The number of carbonyl (C=O) groups excluding carboxylic acids is 2. The molecule has 0 aliphatic rings. The van der Waals surface area contributed by atoms with Gasteiger partial charge in [0.15, 0.2) is 0 Å². The molecular formula is C27H24ClF7N4O3. The Labute approximate surface area is 240 Å². The summed E-state index contributed by atoms with van der Waals surface area (Å²) >= 11 is 5.97. The van der Waals surface area contributed by atoms with Crippen LogP contribution in [0, 0.1) is 5.82 Å². The summed E-state index contributed by atoms with van der Waals surface area (Å²) in [7, 11) is 0.974. The molecule has 0 radical (unpaired) electrons. The van der Waals surface area contributed by atoms with Crippen LogP contribution in [0.5, 0.6) is 5.75 Å². The molecule has 0 spiro atoms. The first-order valence-electron chi connectivity index (χ1n) is 12.1. The van der Waals surface area contributed by atoms with Crippen molar-refractivity contribution in [3.05, 3.63) is 94.5 Å². The van der Waals surface area contributed by atoms with Gasteiger partial charge >= 0.3 is 24.5 Å². The molecule has 3 aromatic rings. The lowest BCUT2D eigenvalue weighted by molar-refractivity contribution is -0.253. The number of pyridine rings is 1. The van der Waals surface area contributed by atoms with E-state index in [2.05, 4.69) is 15.0 Å². The second kappa shape index (κ2) is 12.8. The Bertz CT molecular complexity index is 1400. The first-order valence-corrected chi connectivity index (χ1v) is 12.5. The zero-order valence-corrected chi connectivity index (χ0v) is 22.7. The lowest BCUT2D eigenvalue weighted by Crippen LogP contribution is -2.59. The highest BCUT2D eigenvalue weighted by Gasteiger charge is 2.47. The number of aromatic nitrogens is 1. The molecule has 42 heavy (non-hydrogen) atoms. The minimum Gasteiger partial charge on any atom is -0.428 e. The van der Waals surface area contributed by atoms with E-state index in [0.717, 1.165) is 32.3 Å². The number of halogens is 8. The summed E-state index contributed by atoms with van der Waals surface area (Å²) in [6, 6.07) is 9.35. The van der Waals surface area contributed by atoms with Crippen molar-refractivity contribution in [2.45, 2.75) is 43.4 Å². The number of nitrogens with zero attached hydrogens (tertiary/aromatic N) is 1. The van der Waals surface area contributed by atoms with Crippen LogP contribution in [0.25, 0.3) is 0 Å². The number of urea groups is 1. The lowest BCUT2D eigenvalue weighted by Gasteiger charge is -2.36. The average molecular weight is 621 g/mol. The van der Waals surface area contributed by atoms with E-state index in [9.17, 15) is 40.3 Å². The van der Waals surface area contributed by atoms with Gasteiger partial charge in [0.2, 0.25) is 0 Å². The topological polar surface area (TPSA) is 92.4 Å². The molecule has 0 fully saturated rings. The first kappa shape index (κ1) is 32.4. The van der Waals surface area contributed by atoms with Crippen molar-refractivity contribution in [1.29, 1.82) is 0 Å². The van der Waals surface area contributed by atoms with Crippen molar-refractivity contribution < 1.29 is 45.1 Å². The van der Waals surface area contributed by atoms with Crippen LogP contribution in [0.15, 0.2) is 66.9 Å². The third kappa shape index (κ3) is 7.41. The highest BCUT2D eigenvalue weighted by Crippen LogP contribution is 2.37.